The highest BCUT2D eigenvalue weighted by Gasteiger charge is 2.67. The molecule has 5 heterocycles. The summed E-state index contributed by atoms with van der Waals surface area (Å²) in [5, 5.41) is 99.7. The summed E-state index contributed by atoms with van der Waals surface area (Å²) in [4.78, 5) is 65.1. The largest absolute Gasteiger partial charge is 0.459 e. The minimum absolute atomic E-state index is 0.0161. The van der Waals surface area contributed by atoms with E-state index < -0.39 is 75.4 Å². The molecule has 4 saturated heterocycles. The van der Waals surface area contributed by atoms with Gasteiger partial charge < -0.3 is 74.6 Å². The van der Waals surface area contributed by atoms with Gasteiger partial charge in [0.25, 0.3) is 0 Å². The predicted molar refractivity (Wildman–Crippen MR) is 395 cm³/mol. The lowest BCUT2D eigenvalue weighted by molar-refractivity contribution is -0.201. The number of esters is 4. The molecule has 0 radical (unpaired) electrons. The molecule has 5 aliphatic heterocycles. The van der Waals surface area contributed by atoms with Crippen LogP contribution in [0.2, 0.25) is 0 Å². The zero-order valence-electron chi connectivity index (χ0n) is 64.5. The van der Waals surface area contributed by atoms with Crippen LogP contribution >= 0.6 is 0 Å². The van der Waals surface area contributed by atoms with Gasteiger partial charge in [0.1, 0.15) is 62.7 Å². The van der Waals surface area contributed by atoms with E-state index in [9.17, 15) is 70.0 Å². The van der Waals surface area contributed by atoms with E-state index in [0.29, 0.717) is 66.7 Å². The Bertz CT molecular complexity index is 3560. The van der Waals surface area contributed by atoms with Gasteiger partial charge in [0.15, 0.2) is 0 Å². The first-order chi connectivity index (χ1) is 48.9. The van der Waals surface area contributed by atoms with Crippen molar-refractivity contribution < 1.29 is 93.8 Å². The first-order valence-corrected chi connectivity index (χ1v) is 38.5. The van der Waals surface area contributed by atoms with Gasteiger partial charge in [-0.2, -0.15) is 0 Å². The van der Waals surface area contributed by atoms with Crippen LogP contribution in [0.3, 0.4) is 0 Å². The highest BCUT2D eigenvalue weighted by Crippen LogP contribution is 2.69. The fourth-order valence-corrected chi connectivity index (χ4v) is 23.1. The third-order valence-electron chi connectivity index (χ3n) is 31.2. The lowest BCUT2D eigenvalue weighted by Gasteiger charge is -2.63. The number of cyclic esters (lactones) is 4. The van der Waals surface area contributed by atoms with Crippen LogP contribution < -0.4 is 0 Å². The molecule has 3 unspecified atom stereocenters. The van der Waals surface area contributed by atoms with Crippen LogP contribution in [0.25, 0.3) is 0 Å². The summed E-state index contributed by atoms with van der Waals surface area (Å²) < 4.78 is 19.7. The van der Waals surface area contributed by atoms with E-state index in [-0.39, 0.29) is 113 Å². The number of aldehydes is 1. The van der Waals surface area contributed by atoms with E-state index in [1.165, 1.54) is 11.8 Å². The van der Waals surface area contributed by atoms with Crippen LogP contribution in [0.4, 0.5) is 0 Å². The van der Waals surface area contributed by atoms with Crippen molar-refractivity contribution >= 4 is 42.6 Å². The lowest BCUT2D eigenvalue weighted by Crippen LogP contribution is -2.62. The SMILES string of the molecule is C=C1CC[C@H]2[C@@](C)(CCC(C)(O)[C@@]2(C)/C=N/O)[C@@H]1C/C=C1/C(=O)OC[C@H]1O.C=C1CC[C@H]2[C@@](C)(CCC(C)(O)[C@@]2(C)C=O)[C@@H]1C/C=C1/C(=O)OC[C@H]1O.C=C1CC[C@H]2[C@@](C)(CCC(C)(O)[C@@]2(C)CO)[C@@H]1C/C=C1/C(=O)OC[C@H]1O.C=C1CC[C@H]2[C@@](C)(CC[C@@]3(C)ON=C[C@@]23C)[C@@H]1C/C=C1/C(=O)OC[C@H]1O. The number of aliphatic hydroxyl groups is 8. The number of fused-ring (bicyclic) bond motifs is 6. The van der Waals surface area contributed by atoms with Crippen molar-refractivity contribution in [3.63, 3.8) is 0 Å². The van der Waals surface area contributed by atoms with Crippen LogP contribution in [0, 0.1) is 90.7 Å². The molecule has 0 spiro atoms. The second-order valence-corrected chi connectivity index (χ2v) is 36.4. The van der Waals surface area contributed by atoms with Crippen molar-refractivity contribution in [2.24, 2.45) is 101 Å². The molecule has 0 aromatic rings. The number of rotatable bonds is 11. The number of hydrogen-bond acceptors (Lipinski definition) is 21. The minimum Gasteiger partial charge on any atom is -0.459 e. The number of aliphatic hydroxyl groups excluding tert-OH is 5. The maximum Gasteiger partial charge on any atom is 0.336 e. The molecule has 0 bridgehead atoms. The van der Waals surface area contributed by atoms with Gasteiger partial charge in [-0.1, -0.05) is 127 Å². The van der Waals surface area contributed by atoms with E-state index in [1.807, 2.05) is 53.0 Å². The van der Waals surface area contributed by atoms with Gasteiger partial charge in [0, 0.05) is 10.8 Å². The molecule has 13 rings (SSSR count). The number of nitrogens with zero attached hydrogens (tertiary/aromatic N) is 2. The monoisotopic (exact) mass is 1460 g/mol. The first-order valence-electron chi connectivity index (χ1n) is 38.5. The van der Waals surface area contributed by atoms with E-state index in [2.05, 4.69) is 78.2 Å². The standard InChI is InChI=1S/C21H31NO5.C21H29NO4.C21H32O5.C21H30O5/c1-13-5-8-17-19(2,9-10-21(4,25)20(17,3)12-22-26)15(13)7-6-14-16(23)11-27-18(14)24;1-13-5-8-17-19(2,9-10-21(4)20(17,3)12-22-26-21)15(13)7-6-14-16(23)11-25-18(14)24;2*1-13-5-8-17-19(2,9-10-21(4,25)20(17,3)12-22)15(13)7-6-14-16(23)11-26-18(14)24/h6,12,15-17,23,25-26H,1,5,7-11H2,2-4H3;6,12,15-17,23H,1,5,7-11H2,2-4H3;6,15-17,22-23,25H,1,5,7-12H2,2-4H3;6,12,15-17,23,25H,1,5,7-11H2,2-4H3/b14-6+,22-12+;3*14-6+/t15-,16-,17+,19+,20+,21?;15-,16-,17+,19+,20+,21-;2*15-,16-,17+,19+,20+,21?/m1111/s1. The van der Waals surface area contributed by atoms with Crippen molar-refractivity contribution in [2.45, 2.75) is 258 Å². The number of hydrogen-bond donors (Lipinski definition) is 9. The molecule has 8 aliphatic carbocycles. The summed E-state index contributed by atoms with van der Waals surface area (Å²) in [5.74, 6) is -0.304. The fraction of sp³-hybridized carbons (Fsp3) is 0.726. The molecular weight excluding hydrogens is 1340 g/mol. The first kappa shape index (κ1) is 81.6. The van der Waals surface area contributed by atoms with Gasteiger partial charge in [-0.05, 0) is 232 Å². The van der Waals surface area contributed by atoms with Crippen molar-refractivity contribution in [1.29, 1.82) is 0 Å². The average Bonchev–Trinajstić information content (AvgIpc) is 0.958. The minimum atomic E-state index is -1.02. The Hall–Kier alpha value is -5.91. The summed E-state index contributed by atoms with van der Waals surface area (Å²) >= 11 is 0. The fourth-order valence-electron chi connectivity index (χ4n) is 23.1. The van der Waals surface area contributed by atoms with E-state index in [1.54, 1.807) is 19.1 Å². The van der Waals surface area contributed by atoms with Gasteiger partial charge >= 0.3 is 23.9 Å². The van der Waals surface area contributed by atoms with Gasteiger partial charge in [-0.15, -0.1) is 5.16 Å². The average molecular weight is 1460 g/mol. The van der Waals surface area contributed by atoms with Crippen LogP contribution in [0.15, 0.2) is 106 Å². The maximum atomic E-state index is 12.0. The van der Waals surface area contributed by atoms with Crippen LogP contribution in [-0.2, 0) is 47.8 Å². The smallest absolute Gasteiger partial charge is 0.336 e. The molecule has 21 nitrogen and oxygen atoms in total. The summed E-state index contributed by atoms with van der Waals surface area (Å²) in [6.07, 6.45) is 24.3. The number of oxime groups is 2. The summed E-state index contributed by atoms with van der Waals surface area (Å²) in [7, 11) is 0. The third-order valence-corrected chi connectivity index (χ3v) is 31.2. The number of allylic oxidation sites excluding steroid dienone is 8. The quantitative estimate of drug-likeness (QED) is 0.0136. The van der Waals surface area contributed by atoms with Gasteiger partial charge in [-0.25, -0.2) is 19.2 Å². The van der Waals surface area contributed by atoms with Crippen molar-refractivity contribution in [3.8, 4) is 0 Å². The van der Waals surface area contributed by atoms with Gasteiger partial charge in [-0.3, -0.25) is 0 Å². The van der Waals surface area contributed by atoms with E-state index >= 15 is 0 Å². The molecule has 13 aliphatic rings. The molecular formula is C84H122N2O19. The molecule has 8 saturated carbocycles. The number of carbonyl (C=O) groups excluding carboxylic acids is 5. The zero-order valence-corrected chi connectivity index (χ0v) is 64.5. The van der Waals surface area contributed by atoms with Gasteiger partial charge in [0.05, 0.1) is 69.0 Å². The topological polar surface area (TPSA) is 338 Å². The number of ether oxygens (including phenoxy) is 4. The maximum absolute atomic E-state index is 12.0. The van der Waals surface area contributed by atoms with E-state index in [0.717, 1.165) is 113 Å². The van der Waals surface area contributed by atoms with Crippen LogP contribution in [-0.4, -0.2) is 169 Å². The molecule has 9 N–H and O–H groups in total. The molecule has 24 atom stereocenters. The number of carbonyl (C=O) groups is 5. The molecule has 105 heavy (non-hydrogen) atoms. The van der Waals surface area contributed by atoms with Crippen molar-refractivity contribution in [1.82, 2.24) is 0 Å². The lowest BCUT2D eigenvalue weighted by atomic mass is 9.43. The molecule has 21 heteroatoms. The Morgan fingerprint density at radius 3 is 1.10 bits per heavy atom. The second kappa shape index (κ2) is 29.5. The Morgan fingerprint density at radius 2 is 0.762 bits per heavy atom. The molecule has 0 aromatic carbocycles. The van der Waals surface area contributed by atoms with Crippen LogP contribution in [0.1, 0.15) is 212 Å². The zero-order chi connectivity index (χ0) is 77.4. The normalized spacial score (nSPS) is 47.7. The Kier molecular flexibility index (Phi) is 22.9. The van der Waals surface area contributed by atoms with E-state index in [4.69, 9.17) is 23.8 Å². The van der Waals surface area contributed by atoms with Crippen molar-refractivity contribution in [3.05, 3.63) is 95.2 Å². The highest BCUT2D eigenvalue weighted by molar-refractivity contribution is 5.93. The summed E-state index contributed by atoms with van der Waals surface area (Å²) in [5.41, 5.74) is 0.452. The summed E-state index contributed by atoms with van der Waals surface area (Å²) in [6.45, 7) is 42.0. The Labute approximate surface area is 621 Å². The molecule has 12 fully saturated rings. The third kappa shape index (κ3) is 13.8. The Morgan fingerprint density at radius 1 is 0.457 bits per heavy atom. The van der Waals surface area contributed by atoms with Crippen LogP contribution in [0.5, 0.6) is 0 Å². The molecule has 0 amide bonds. The summed E-state index contributed by atoms with van der Waals surface area (Å²) in [6, 6.07) is 0. The van der Waals surface area contributed by atoms with Crippen molar-refractivity contribution in [2.75, 3.05) is 33.0 Å². The predicted octanol–water partition coefficient (Wildman–Crippen LogP) is 11.1. The molecule has 582 valence electrons. The molecule has 0 aromatic heterocycles. The Balaban J connectivity index is 0.000000150. The van der Waals surface area contributed by atoms with Gasteiger partial charge in [0.2, 0.25) is 0 Å². The second-order valence-electron chi connectivity index (χ2n) is 36.4. The highest BCUT2D eigenvalue weighted by atomic mass is 16.7.